The lowest BCUT2D eigenvalue weighted by Gasteiger charge is -1.99. The highest BCUT2D eigenvalue weighted by molar-refractivity contribution is 5.81. The van der Waals surface area contributed by atoms with Crippen molar-refractivity contribution in [1.82, 2.24) is 4.98 Å². The van der Waals surface area contributed by atoms with Gasteiger partial charge >= 0.3 is 0 Å². The number of aromatic nitrogens is 1. The summed E-state index contributed by atoms with van der Waals surface area (Å²) < 4.78 is 12.7. The lowest BCUT2D eigenvalue weighted by atomic mass is 10.1. The second-order valence-corrected chi connectivity index (χ2v) is 2.79. The molecule has 0 bridgehead atoms. The van der Waals surface area contributed by atoms with E-state index >= 15 is 0 Å². The van der Waals surface area contributed by atoms with Crippen molar-refractivity contribution in [3.8, 4) is 0 Å². The first-order valence-corrected chi connectivity index (χ1v) is 4.78. The molecule has 74 valence electrons. The minimum absolute atomic E-state index is 0.236. The van der Waals surface area contributed by atoms with Crippen LogP contribution >= 0.6 is 0 Å². The Bertz CT molecular complexity index is 424. The highest BCUT2D eigenvalue weighted by atomic mass is 19.1. The van der Waals surface area contributed by atoms with Gasteiger partial charge in [-0.1, -0.05) is 13.8 Å². The van der Waals surface area contributed by atoms with Crippen molar-refractivity contribution < 1.29 is 4.39 Å². The summed E-state index contributed by atoms with van der Waals surface area (Å²) in [5.41, 5.74) is 1.84. The molecule has 2 rings (SSSR count). The van der Waals surface area contributed by atoms with Crippen LogP contribution in [0.25, 0.3) is 10.9 Å². The molecule has 0 fully saturated rings. The quantitative estimate of drug-likeness (QED) is 0.618. The fraction of sp³-hybridized carbons (Fsp3) is 0.250. The molecule has 0 atom stereocenters. The molecule has 0 aliphatic heterocycles. The molecule has 0 saturated heterocycles. The molecule has 1 aromatic carbocycles. The molecule has 0 N–H and O–H groups in total. The van der Waals surface area contributed by atoms with Crippen molar-refractivity contribution in [3.05, 3.63) is 41.8 Å². The molecule has 0 spiro atoms. The fourth-order valence-electron chi connectivity index (χ4n) is 1.26. The number of nitrogens with zero attached hydrogens (tertiary/aromatic N) is 1. The molecule has 2 heteroatoms. The van der Waals surface area contributed by atoms with Gasteiger partial charge in [-0.15, -0.1) is 0 Å². The number of benzene rings is 1. The van der Waals surface area contributed by atoms with Crippen molar-refractivity contribution in [2.45, 2.75) is 20.8 Å². The van der Waals surface area contributed by atoms with Crippen LogP contribution in [0.4, 0.5) is 4.39 Å². The molecule has 0 aliphatic carbocycles. The summed E-state index contributed by atoms with van der Waals surface area (Å²) in [5, 5.41) is 1.01. The predicted octanol–water partition coefficient (Wildman–Crippen LogP) is 3.71. The van der Waals surface area contributed by atoms with E-state index in [2.05, 4.69) is 4.98 Å². The number of aryl methyl sites for hydroxylation is 1. The van der Waals surface area contributed by atoms with E-state index in [0.29, 0.717) is 0 Å². The number of fused-ring (bicyclic) bond motifs is 1. The van der Waals surface area contributed by atoms with Crippen LogP contribution < -0.4 is 0 Å². The number of hydrogen-bond acceptors (Lipinski definition) is 1. The number of pyridine rings is 1. The third-order valence-corrected chi connectivity index (χ3v) is 1.92. The summed E-state index contributed by atoms with van der Waals surface area (Å²) in [6, 6.07) is 6.58. The van der Waals surface area contributed by atoms with Gasteiger partial charge in [0.25, 0.3) is 0 Å². The first kappa shape index (κ1) is 10.6. The lowest BCUT2D eigenvalue weighted by Crippen LogP contribution is -1.83. The largest absolute Gasteiger partial charge is 0.256 e. The number of rotatable bonds is 0. The summed E-state index contributed by atoms with van der Waals surface area (Å²) in [5.74, 6) is -0.236. The normalized spacial score (nSPS) is 9.43. The van der Waals surface area contributed by atoms with E-state index in [1.54, 1.807) is 12.3 Å². The molecule has 14 heavy (non-hydrogen) atoms. The van der Waals surface area contributed by atoms with Crippen LogP contribution in [0.5, 0.6) is 0 Å². The Morgan fingerprint density at radius 3 is 2.57 bits per heavy atom. The van der Waals surface area contributed by atoms with E-state index in [4.69, 9.17) is 0 Å². The molecule has 0 radical (unpaired) electrons. The van der Waals surface area contributed by atoms with Crippen LogP contribution in [0.15, 0.2) is 30.5 Å². The lowest BCUT2D eigenvalue weighted by molar-refractivity contribution is 0.629. The monoisotopic (exact) mass is 191 g/mol. The minimum Gasteiger partial charge on any atom is -0.256 e. The van der Waals surface area contributed by atoms with Crippen LogP contribution in [0.1, 0.15) is 19.4 Å². The van der Waals surface area contributed by atoms with E-state index < -0.39 is 0 Å². The van der Waals surface area contributed by atoms with Gasteiger partial charge in [-0.3, -0.25) is 4.98 Å². The second kappa shape index (κ2) is 4.70. The van der Waals surface area contributed by atoms with Crippen LogP contribution in [0.3, 0.4) is 0 Å². The van der Waals surface area contributed by atoms with Crippen LogP contribution in [-0.4, -0.2) is 4.98 Å². The van der Waals surface area contributed by atoms with Gasteiger partial charge in [0.1, 0.15) is 5.82 Å². The Balaban J connectivity index is 0.000000461. The van der Waals surface area contributed by atoms with Crippen LogP contribution in [-0.2, 0) is 0 Å². The Kier molecular flexibility index (Phi) is 3.57. The van der Waals surface area contributed by atoms with Crippen molar-refractivity contribution >= 4 is 10.9 Å². The standard InChI is InChI=1S/C10H8FN.C2H6/c1-7-4-5-12-10-6-8(11)2-3-9(7)10;1-2/h2-6H,1H3;1-2H3. The topological polar surface area (TPSA) is 12.9 Å². The van der Waals surface area contributed by atoms with E-state index in [1.807, 2.05) is 26.8 Å². The Labute approximate surface area is 83.6 Å². The Morgan fingerprint density at radius 1 is 1.14 bits per heavy atom. The summed E-state index contributed by atoms with van der Waals surface area (Å²) in [6.07, 6.45) is 1.69. The zero-order chi connectivity index (χ0) is 10.6. The summed E-state index contributed by atoms with van der Waals surface area (Å²) >= 11 is 0. The zero-order valence-corrected chi connectivity index (χ0v) is 8.71. The maximum atomic E-state index is 12.7. The highest BCUT2D eigenvalue weighted by Gasteiger charge is 1.98. The maximum absolute atomic E-state index is 12.7. The first-order chi connectivity index (χ1) is 6.77. The third-order valence-electron chi connectivity index (χ3n) is 1.92. The first-order valence-electron chi connectivity index (χ1n) is 4.78. The minimum atomic E-state index is -0.236. The smallest absolute Gasteiger partial charge is 0.125 e. The Morgan fingerprint density at radius 2 is 1.86 bits per heavy atom. The number of halogens is 1. The molecular formula is C12H14FN. The van der Waals surface area contributed by atoms with Gasteiger partial charge in [0.05, 0.1) is 5.52 Å². The number of hydrogen-bond donors (Lipinski definition) is 0. The SMILES string of the molecule is CC.Cc1ccnc2cc(F)ccc12. The van der Waals surface area contributed by atoms with Crippen molar-refractivity contribution in [3.63, 3.8) is 0 Å². The fourth-order valence-corrected chi connectivity index (χ4v) is 1.26. The van der Waals surface area contributed by atoms with Gasteiger partial charge in [0, 0.05) is 17.6 Å². The van der Waals surface area contributed by atoms with Gasteiger partial charge in [0.2, 0.25) is 0 Å². The molecule has 1 aromatic heterocycles. The Hall–Kier alpha value is -1.44. The molecule has 2 aromatic rings. The van der Waals surface area contributed by atoms with Crippen LogP contribution in [0, 0.1) is 12.7 Å². The van der Waals surface area contributed by atoms with Crippen molar-refractivity contribution in [1.29, 1.82) is 0 Å². The second-order valence-electron chi connectivity index (χ2n) is 2.79. The highest BCUT2D eigenvalue weighted by Crippen LogP contribution is 2.16. The summed E-state index contributed by atoms with van der Waals surface area (Å²) in [6.45, 7) is 5.99. The van der Waals surface area contributed by atoms with Gasteiger partial charge in [-0.05, 0) is 30.7 Å². The molecule has 1 heterocycles. The van der Waals surface area contributed by atoms with E-state index in [1.165, 1.54) is 12.1 Å². The molecule has 1 nitrogen and oxygen atoms in total. The van der Waals surface area contributed by atoms with Crippen molar-refractivity contribution in [2.24, 2.45) is 0 Å². The maximum Gasteiger partial charge on any atom is 0.125 e. The van der Waals surface area contributed by atoms with Gasteiger partial charge in [0.15, 0.2) is 0 Å². The molecular weight excluding hydrogens is 177 g/mol. The molecule has 0 unspecified atom stereocenters. The molecule has 0 amide bonds. The van der Waals surface area contributed by atoms with Gasteiger partial charge < -0.3 is 0 Å². The zero-order valence-electron chi connectivity index (χ0n) is 8.71. The van der Waals surface area contributed by atoms with Crippen molar-refractivity contribution in [2.75, 3.05) is 0 Å². The summed E-state index contributed by atoms with van der Waals surface area (Å²) in [7, 11) is 0. The summed E-state index contributed by atoms with van der Waals surface area (Å²) in [4.78, 5) is 4.06. The van der Waals surface area contributed by atoms with Gasteiger partial charge in [-0.2, -0.15) is 0 Å². The van der Waals surface area contributed by atoms with Crippen LogP contribution in [0.2, 0.25) is 0 Å². The third kappa shape index (κ3) is 2.08. The molecule has 0 aliphatic rings. The van der Waals surface area contributed by atoms with E-state index in [0.717, 1.165) is 16.5 Å². The average molecular weight is 191 g/mol. The van der Waals surface area contributed by atoms with E-state index in [9.17, 15) is 4.39 Å². The molecule has 0 saturated carbocycles. The van der Waals surface area contributed by atoms with E-state index in [-0.39, 0.29) is 5.82 Å². The average Bonchev–Trinajstić information content (AvgIpc) is 2.21. The van der Waals surface area contributed by atoms with Gasteiger partial charge in [-0.25, -0.2) is 4.39 Å². The predicted molar refractivity (Wildman–Crippen MR) is 57.8 cm³/mol.